The van der Waals surface area contributed by atoms with Crippen molar-refractivity contribution < 1.29 is 4.79 Å². The highest BCUT2D eigenvalue weighted by atomic mass is 35.5. The van der Waals surface area contributed by atoms with Gasteiger partial charge >= 0.3 is 0 Å². The molecule has 0 unspecified atom stereocenters. The molecule has 0 aliphatic carbocycles. The van der Waals surface area contributed by atoms with Crippen LogP contribution in [0.2, 0.25) is 5.02 Å². The number of amides is 1. The fourth-order valence-corrected chi connectivity index (χ4v) is 5.00. The van der Waals surface area contributed by atoms with Gasteiger partial charge in [-0.2, -0.15) is 0 Å². The minimum atomic E-state index is -0.0656. The van der Waals surface area contributed by atoms with Crippen molar-refractivity contribution in [3.05, 3.63) is 70.1 Å². The van der Waals surface area contributed by atoms with Crippen LogP contribution >= 0.6 is 34.7 Å². The van der Waals surface area contributed by atoms with Gasteiger partial charge in [-0.15, -0.1) is 23.1 Å². The highest BCUT2D eigenvalue weighted by Crippen LogP contribution is 2.46. The molecule has 0 bridgehead atoms. The molecule has 2 nitrogen and oxygen atoms in total. The highest BCUT2D eigenvalue weighted by Gasteiger charge is 2.22. The van der Waals surface area contributed by atoms with Crippen LogP contribution in [0.15, 0.2) is 59.5 Å². The Morgan fingerprint density at radius 2 is 1.91 bits per heavy atom. The summed E-state index contributed by atoms with van der Waals surface area (Å²) >= 11 is 9.45. The van der Waals surface area contributed by atoms with Gasteiger partial charge in [0.05, 0.1) is 4.88 Å². The molecule has 2 heterocycles. The van der Waals surface area contributed by atoms with E-state index in [-0.39, 0.29) is 5.91 Å². The summed E-state index contributed by atoms with van der Waals surface area (Å²) in [6.45, 7) is 0. The average molecular weight is 358 g/mol. The van der Waals surface area contributed by atoms with E-state index in [0.29, 0.717) is 0 Å². The number of carbonyl (C=O) groups excluding carboxylic acids is 1. The van der Waals surface area contributed by atoms with Gasteiger partial charge in [-0.25, -0.2) is 0 Å². The molecule has 0 spiro atoms. The Bertz CT molecular complexity index is 889. The third-order valence-corrected chi connectivity index (χ3v) is 6.20. The zero-order valence-corrected chi connectivity index (χ0v) is 14.4. The molecule has 2 aromatic carbocycles. The van der Waals surface area contributed by atoms with E-state index in [0.717, 1.165) is 31.8 Å². The lowest BCUT2D eigenvalue weighted by molar-refractivity contribution is 0.103. The molecule has 0 atom stereocenters. The summed E-state index contributed by atoms with van der Waals surface area (Å²) in [6, 6.07) is 17.5. The average Bonchev–Trinajstić information content (AvgIpc) is 3.00. The molecule has 0 saturated carbocycles. The maximum absolute atomic E-state index is 12.5. The van der Waals surface area contributed by atoms with Gasteiger partial charge in [0.1, 0.15) is 0 Å². The van der Waals surface area contributed by atoms with Gasteiger partial charge in [-0.3, -0.25) is 4.79 Å². The van der Waals surface area contributed by atoms with Crippen LogP contribution in [0.4, 0.5) is 5.69 Å². The number of carbonyl (C=O) groups is 1. The number of nitrogens with one attached hydrogen (secondary N) is 1. The molecule has 3 aromatic rings. The van der Waals surface area contributed by atoms with Crippen molar-refractivity contribution in [2.45, 2.75) is 10.6 Å². The van der Waals surface area contributed by atoms with Gasteiger partial charge in [-0.05, 0) is 42.0 Å². The van der Waals surface area contributed by atoms with Crippen LogP contribution in [0, 0.1) is 0 Å². The zero-order chi connectivity index (χ0) is 15.8. The quantitative estimate of drug-likeness (QED) is 0.616. The van der Waals surface area contributed by atoms with E-state index in [1.807, 2.05) is 48.5 Å². The Hall–Kier alpha value is -1.75. The predicted octanol–water partition coefficient (Wildman–Crippen LogP) is 5.93. The van der Waals surface area contributed by atoms with E-state index < -0.39 is 0 Å². The molecule has 1 amide bonds. The number of para-hydroxylation sites is 1. The van der Waals surface area contributed by atoms with Crippen LogP contribution in [0.1, 0.15) is 15.2 Å². The summed E-state index contributed by atoms with van der Waals surface area (Å²) in [5.74, 6) is 0.822. The maximum Gasteiger partial charge on any atom is 0.265 e. The van der Waals surface area contributed by atoms with E-state index in [2.05, 4.69) is 11.4 Å². The molecule has 0 saturated heterocycles. The van der Waals surface area contributed by atoms with E-state index in [4.69, 9.17) is 11.6 Å². The van der Waals surface area contributed by atoms with E-state index in [1.165, 1.54) is 21.8 Å². The van der Waals surface area contributed by atoms with Crippen molar-refractivity contribution in [2.75, 3.05) is 5.32 Å². The van der Waals surface area contributed by atoms with E-state index in [9.17, 15) is 4.79 Å². The van der Waals surface area contributed by atoms with Crippen molar-refractivity contribution in [2.24, 2.45) is 0 Å². The van der Waals surface area contributed by atoms with Crippen LogP contribution < -0.4 is 5.32 Å². The van der Waals surface area contributed by atoms with E-state index >= 15 is 0 Å². The second-order valence-electron chi connectivity index (χ2n) is 5.21. The van der Waals surface area contributed by atoms with Gasteiger partial charge in [0.25, 0.3) is 5.91 Å². The first-order valence-corrected chi connectivity index (χ1v) is 9.30. The van der Waals surface area contributed by atoms with Crippen LogP contribution in [-0.4, -0.2) is 5.91 Å². The van der Waals surface area contributed by atoms with Crippen LogP contribution in [0.5, 0.6) is 0 Å². The molecule has 1 aliphatic rings. The van der Waals surface area contributed by atoms with Crippen LogP contribution in [0.3, 0.4) is 0 Å². The smallest absolute Gasteiger partial charge is 0.265 e. The lowest BCUT2D eigenvalue weighted by Gasteiger charge is -2.15. The summed E-state index contributed by atoms with van der Waals surface area (Å²) < 4.78 is 0. The molecule has 1 aromatic heterocycles. The van der Waals surface area contributed by atoms with Gasteiger partial charge in [0.15, 0.2) is 0 Å². The Morgan fingerprint density at radius 3 is 2.74 bits per heavy atom. The Morgan fingerprint density at radius 1 is 1.09 bits per heavy atom. The third-order valence-electron chi connectivity index (χ3n) is 3.63. The number of rotatable bonds is 2. The second-order valence-corrected chi connectivity index (χ2v) is 7.72. The lowest BCUT2D eigenvalue weighted by Crippen LogP contribution is -2.09. The highest BCUT2D eigenvalue weighted by molar-refractivity contribution is 7.98. The first-order valence-electron chi connectivity index (χ1n) is 7.12. The number of hydrogen-bond acceptors (Lipinski definition) is 3. The van der Waals surface area contributed by atoms with Crippen LogP contribution in [0.25, 0.3) is 10.4 Å². The fourth-order valence-electron chi connectivity index (χ4n) is 2.55. The molecule has 0 radical (unpaired) electrons. The van der Waals surface area contributed by atoms with Gasteiger partial charge in [0, 0.05) is 31.8 Å². The Kier molecular flexibility index (Phi) is 3.89. The van der Waals surface area contributed by atoms with Crippen molar-refractivity contribution in [1.29, 1.82) is 0 Å². The lowest BCUT2D eigenvalue weighted by atomic mass is 10.1. The summed E-state index contributed by atoms with van der Waals surface area (Å²) in [4.78, 5) is 15.6. The Labute approximate surface area is 147 Å². The standard InChI is InChI=1S/C18H12ClNOS2/c19-12-6-7-15-14(9-12)17-11(10-22-15)8-16(23-17)18(21)20-13-4-2-1-3-5-13/h1-9H,10H2,(H,20,21). The molecule has 4 rings (SSSR count). The first-order chi connectivity index (χ1) is 11.2. The number of fused-ring (bicyclic) bond motifs is 3. The minimum Gasteiger partial charge on any atom is -0.321 e. The molecule has 1 N–H and O–H groups in total. The molecular formula is C18H12ClNOS2. The van der Waals surface area contributed by atoms with Gasteiger partial charge in [0.2, 0.25) is 0 Å². The second kappa shape index (κ2) is 6.04. The van der Waals surface area contributed by atoms with Crippen molar-refractivity contribution in [3.8, 4) is 10.4 Å². The molecular weight excluding hydrogens is 346 g/mol. The van der Waals surface area contributed by atoms with E-state index in [1.54, 1.807) is 11.8 Å². The summed E-state index contributed by atoms with van der Waals surface area (Å²) in [6.07, 6.45) is 0. The maximum atomic E-state index is 12.5. The monoisotopic (exact) mass is 357 g/mol. The SMILES string of the molecule is O=C(Nc1ccccc1)c1cc2c(s1)-c1cc(Cl)ccc1SC2. The minimum absolute atomic E-state index is 0.0656. The fraction of sp³-hybridized carbons (Fsp3) is 0.0556. The van der Waals surface area contributed by atoms with Gasteiger partial charge in [-0.1, -0.05) is 29.8 Å². The molecule has 1 aliphatic heterocycles. The number of benzene rings is 2. The third kappa shape index (κ3) is 2.90. The number of hydrogen-bond donors (Lipinski definition) is 1. The molecule has 5 heteroatoms. The van der Waals surface area contributed by atoms with Gasteiger partial charge < -0.3 is 5.32 Å². The number of halogens is 1. The zero-order valence-electron chi connectivity index (χ0n) is 12.0. The molecule has 0 fully saturated rings. The topological polar surface area (TPSA) is 29.1 Å². The number of anilines is 1. The number of thioether (sulfide) groups is 1. The molecule has 114 valence electrons. The van der Waals surface area contributed by atoms with Crippen molar-refractivity contribution in [1.82, 2.24) is 0 Å². The van der Waals surface area contributed by atoms with Crippen molar-refractivity contribution >= 4 is 46.3 Å². The molecule has 23 heavy (non-hydrogen) atoms. The van der Waals surface area contributed by atoms with Crippen molar-refractivity contribution in [3.63, 3.8) is 0 Å². The first kappa shape index (κ1) is 14.8. The van der Waals surface area contributed by atoms with Crippen LogP contribution in [-0.2, 0) is 5.75 Å². The largest absolute Gasteiger partial charge is 0.321 e. The normalized spacial score (nSPS) is 12.4. The summed E-state index contributed by atoms with van der Waals surface area (Å²) in [7, 11) is 0. The number of thiophene rings is 1. The summed E-state index contributed by atoms with van der Waals surface area (Å²) in [5.41, 5.74) is 3.14. The predicted molar refractivity (Wildman–Crippen MR) is 98.7 cm³/mol. The Balaban J connectivity index is 1.67. The summed E-state index contributed by atoms with van der Waals surface area (Å²) in [5, 5.41) is 3.66.